The Labute approximate surface area is 188 Å². The summed E-state index contributed by atoms with van der Waals surface area (Å²) in [5, 5.41) is 7.49. The zero-order valence-corrected chi connectivity index (χ0v) is 19.1. The van der Waals surface area contributed by atoms with Crippen LogP contribution in [0.25, 0.3) is 0 Å². The molecule has 0 aromatic heterocycles. The van der Waals surface area contributed by atoms with E-state index >= 15 is 0 Å². The lowest BCUT2D eigenvalue weighted by molar-refractivity contribution is -0.145. The highest BCUT2D eigenvalue weighted by Gasteiger charge is 2.22. The predicted octanol–water partition coefficient (Wildman–Crippen LogP) is 2.27. The number of benzene rings is 1. The fourth-order valence-corrected chi connectivity index (χ4v) is 2.54. The molecule has 0 spiro atoms. The van der Waals surface area contributed by atoms with E-state index in [1.54, 1.807) is 20.8 Å². The first kappa shape index (κ1) is 26.7. The van der Waals surface area contributed by atoms with Crippen molar-refractivity contribution in [3.63, 3.8) is 0 Å². The maximum Gasteiger partial charge on any atom is 0.408 e. The Morgan fingerprint density at radius 1 is 0.969 bits per heavy atom. The summed E-state index contributed by atoms with van der Waals surface area (Å²) in [6.45, 7) is 5.32. The van der Waals surface area contributed by atoms with Crippen LogP contribution < -0.4 is 16.0 Å². The Kier molecular flexibility index (Phi) is 11.6. The molecule has 1 aromatic rings. The van der Waals surface area contributed by atoms with E-state index in [2.05, 4.69) is 16.0 Å². The molecule has 0 heterocycles. The van der Waals surface area contributed by atoms with Crippen molar-refractivity contribution in [1.29, 1.82) is 0 Å². The maximum atomic E-state index is 12.0. The molecule has 3 N–H and O–H groups in total. The summed E-state index contributed by atoms with van der Waals surface area (Å²) in [5.74, 6) is -1.14. The van der Waals surface area contributed by atoms with E-state index in [0.717, 1.165) is 5.56 Å². The zero-order valence-electron chi connectivity index (χ0n) is 19.1. The van der Waals surface area contributed by atoms with Gasteiger partial charge in [-0.25, -0.2) is 14.4 Å². The van der Waals surface area contributed by atoms with Crippen LogP contribution in [0.4, 0.5) is 9.59 Å². The van der Waals surface area contributed by atoms with Crippen LogP contribution in [-0.4, -0.2) is 55.9 Å². The Balaban J connectivity index is 2.28. The molecule has 1 rings (SSSR count). The minimum atomic E-state index is -0.863. The summed E-state index contributed by atoms with van der Waals surface area (Å²) < 4.78 is 14.9. The van der Waals surface area contributed by atoms with Gasteiger partial charge in [0.25, 0.3) is 0 Å². The van der Waals surface area contributed by atoms with Crippen molar-refractivity contribution in [2.24, 2.45) is 0 Å². The van der Waals surface area contributed by atoms with Crippen molar-refractivity contribution in [1.82, 2.24) is 16.0 Å². The summed E-state index contributed by atoms with van der Waals surface area (Å²) in [7, 11) is 1.23. The number of esters is 1. The van der Waals surface area contributed by atoms with Crippen molar-refractivity contribution in [3.05, 3.63) is 35.9 Å². The molecule has 0 saturated carbocycles. The van der Waals surface area contributed by atoms with Gasteiger partial charge >= 0.3 is 18.2 Å². The topological polar surface area (TPSA) is 132 Å². The Morgan fingerprint density at radius 3 is 2.28 bits per heavy atom. The smallest absolute Gasteiger partial charge is 0.408 e. The molecule has 10 heteroatoms. The molecule has 0 radical (unpaired) electrons. The van der Waals surface area contributed by atoms with Gasteiger partial charge in [0.15, 0.2) is 0 Å². The molecule has 3 amide bonds. The van der Waals surface area contributed by atoms with Crippen LogP contribution in [-0.2, 0) is 30.4 Å². The van der Waals surface area contributed by atoms with E-state index in [1.165, 1.54) is 7.11 Å². The number of carbonyl (C=O) groups excluding carboxylic acids is 4. The quantitative estimate of drug-likeness (QED) is 0.267. The largest absolute Gasteiger partial charge is 0.467 e. The molecule has 0 aliphatic heterocycles. The molecular weight excluding hydrogens is 418 g/mol. The van der Waals surface area contributed by atoms with Gasteiger partial charge in [-0.3, -0.25) is 4.79 Å². The molecule has 0 saturated heterocycles. The van der Waals surface area contributed by atoms with Gasteiger partial charge in [0, 0.05) is 6.54 Å². The third-order valence-corrected chi connectivity index (χ3v) is 4.01. The van der Waals surface area contributed by atoms with Crippen LogP contribution in [0.2, 0.25) is 0 Å². The number of unbranched alkanes of at least 4 members (excludes halogenated alkanes) is 1. The van der Waals surface area contributed by atoms with Crippen molar-refractivity contribution in [2.75, 3.05) is 20.2 Å². The van der Waals surface area contributed by atoms with E-state index in [9.17, 15) is 19.2 Å². The molecule has 32 heavy (non-hydrogen) atoms. The normalized spacial score (nSPS) is 11.6. The van der Waals surface area contributed by atoms with Crippen LogP contribution >= 0.6 is 0 Å². The first-order chi connectivity index (χ1) is 15.1. The second kappa shape index (κ2) is 13.9. The first-order valence-corrected chi connectivity index (χ1v) is 10.4. The number of alkyl carbamates (subject to hydrolysis) is 2. The minimum Gasteiger partial charge on any atom is -0.467 e. The summed E-state index contributed by atoms with van der Waals surface area (Å²) >= 11 is 0. The molecular formula is C22H33N3O7. The van der Waals surface area contributed by atoms with Crippen LogP contribution in [0.5, 0.6) is 0 Å². The predicted molar refractivity (Wildman–Crippen MR) is 117 cm³/mol. The minimum absolute atomic E-state index is 0.181. The fraction of sp³-hybridized carbons (Fsp3) is 0.545. The van der Waals surface area contributed by atoms with Gasteiger partial charge in [0.05, 0.1) is 7.11 Å². The SMILES string of the molecule is COC(=O)[C@H](CCCCNC(=O)OCc1ccccc1)NC(=O)CNC(=O)OC(C)(C)C. The highest BCUT2D eigenvalue weighted by atomic mass is 16.6. The molecule has 0 unspecified atom stereocenters. The molecule has 0 aliphatic carbocycles. The Morgan fingerprint density at radius 2 is 1.66 bits per heavy atom. The van der Waals surface area contributed by atoms with Crippen molar-refractivity contribution in [2.45, 2.75) is 58.3 Å². The molecule has 1 atom stereocenters. The second-order valence-electron chi connectivity index (χ2n) is 7.98. The van der Waals surface area contributed by atoms with Crippen molar-refractivity contribution >= 4 is 24.1 Å². The standard InChI is InChI=1S/C22H33N3O7/c1-22(2,3)32-21(29)24-14-18(26)25-17(19(27)30-4)12-8-9-13-23-20(28)31-15-16-10-6-5-7-11-16/h5-7,10-11,17H,8-9,12-15H2,1-4H3,(H,23,28)(H,24,29)(H,25,26)/t17-/m0/s1. The summed E-state index contributed by atoms with van der Waals surface area (Å²) in [6.07, 6.45) is 0.164. The van der Waals surface area contributed by atoms with Gasteiger partial charge < -0.3 is 30.2 Å². The lowest BCUT2D eigenvalue weighted by Gasteiger charge is -2.20. The van der Waals surface area contributed by atoms with E-state index in [1.807, 2.05) is 30.3 Å². The number of ether oxygens (including phenoxy) is 3. The van der Waals surface area contributed by atoms with Gasteiger partial charge in [-0.1, -0.05) is 30.3 Å². The number of rotatable bonds is 11. The Hall–Kier alpha value is -3.30. The van der Waals surface area contributed by atoms with E-state index in [4.69, 9.17) is 14.2 Å². The van der Waals surface area contributed by atoms with Crippen LogP contribution in [0, 0.1) is 0 Å². The van der Waals surface area contributed by atoms with Gasteiger partial charge in [-0.15, -0.1) is 0 Å². The first-order valence-electron chi connectivity index (χ1n) is 10.4. The number of amides is 3. The van der Waals surface area contributed by atoms with Gasteiger partial charge in [0.1, 0.15) is 24.8 Å². The lowest BCUT2D eigenvalue weighted by atomic mass is 10.1. The molecule has 0 aliphatic rings. The van der Waals surface area contributed by atoms with Crippen molar-refractivity contribution < 1.29 is 33.4 Å². The van der Waals surface area contributed by atoms with Gasteiger partial charge in [-0.2, -0.15) is 0 Å². The van der Waals surface area contributed by atoms with E-state index in [-0.39, 0.29) is 13.2 Å². The van der Waals surface area contributed by atoms with Crippen molar-refractivity contribution in [3.8, 4) is 0 Å². The fourth-order valence-electron chi connectivity index (χ4n) is 2.54. The number of carbonyl (C=O) groups is 4. The average molecular weight is 452 g/mol. The molecule has 1 aromatic carbocycles. The molecule has 0 fully saturated rings. The monoisotopic (exact) mass is 451 g/mol. The van der Waals surface area contributed by atoms with Crippen LogP contribution in [0.3, 0.4) is 0 Å². The van der Waals surface area contributed by atoms with Gasteiger partial charge in [-0.05, 0) is 45.6 Å². The van der Waals surface area contributed by atoms with Gasteiger partial charge in [0.2, 0.25) is 5.91 Å². The Bertz CT molecular complexity index is 748. The molecule has 10 nitrogen and oxygen atoms in total. The zero-order chi connectivity index (χ0) is 24.0. The summed E-state index contributed by atoms with van der Waals surface area (Å²) in [5.41, 5.74) is 0.206. The molecule has 0 bridgehead atoms. The summed E-state index contributed by atoms with van der Waals surface area (Å²) in [6, 6.07) is 8.46. The van der Waals surface area contributed by atoms with Crippen LogP contribution in [0.1, 0.15) is 45.6 Å². The lowest BCUT2D eigenvalue weighted by Crippen LogP contribution is -2.46. The van der Waals surface area contributed by atoms with E-state index in [0.29, 0.717) is 25.8 Å². The number of hydrogen-bond donors (Lipinski definition) is 3. The third kappa shape index (κ3) is 12.4. The van der Waals surface area contributed by atoms with E-state index < -0.39 is 35.7 Å². The average Bonchev–Trinajstić information content (AvgIpc) is 2.74. The molecule has 178 valence electrons. The van der Waals surface area contributed by atoms with Crippen LogP contribution in [0.15, 0.2) is 30.3 Å². The highest BCUT2D eigenvalue weighted by molar-refractivity contribution is 5.87. The maximum absolute atomic E-state index is 12.0. The number of nitrogens with one attached hydrogen (secondary N) is 3. The second-order valence-corrected chi connectivity index (χ2v) is 7.98. The third-order valence-electron chi connectivity index (χ3n) is 4.01. The number of hydrogen-bond acceptors (Lipinski definition) is 7. The number of methoxy groups -OCH3 is 1. The summed E-state index contributed by atoms with van der Waals surface area (Å²) in [4.78, 5) is 47.3. The highest BCUT2D eigenvalue weighted by Crippen LogP contribution is 2.06.